The minimum absolute atomic E-state index is 0.759. The molecule has 0 saturated heterocycles. The number of aromatic nitrogens is 1. The second-order valence-corrected chi connectivity index (χ2v) is 6.21. The van der Waals surface area contributed by atoms with E-state index < -0.39 is 9.73 Å². The van der Waals surface area contributed by atoms with Gasteiger partial charge in [0.25, 0.3) is 0 Å². The normalized spacial score (nSPS) is 20.1. The molecule has 1 aliphatic carbocycles. The lowest BCUT2D eigenvalue weighted by Gasteiger charge is -2.14. The maximum atomic E-state index is 11.7. The SMILES string of the molecule is Cn1cc(S(C)(=N)=O)c2c1CCCC2. The van der Waals surface area contributed by atoms with E-state index in [1.54, 1.807) is 0 Å². The molecular weight excluding hydrogens is 196 g/mol. The number of nitrogens with one attached hydrogen (secondary N) is 1. The molecule has 0 aromatic carbocycles. The summed E-state index contributed by atoms with van der Waals surface area (Å²) >= 11 is 0. The fraction of sp³-hybridized carbons (Fsp3) is 0.600. The van der Waals surface area contributed by atoms with Gasteiger partial charge in [0.1, 0.15) is 0 Å². The molecule has 1 N–H and O–H groups in total. The molecule has 0 bridgehead atoms. The summed E-state index contributed by atoms with van der Waals surface area (Å²) in [5.74, 6) is 0. The van der Waals surface area contributed by atoms with Crippen molar-refractivity contribution >= 4 is 9.73 Å². The fourth-order valence-electron chi connectivity index (χ4n) is 2.21. The van der Waals surface area contributed by atoms with Crippen LogP contribution in [-0.4, -0.2) is 15.0 Å². The van der Waals surface area contributed by atoms with E-state index >= 15 is 0 Å². The Morgan fingerprint density at radius 2 is 2.07 bits per heavy atom. The van der Waals surface area contributed by atoms with E-state index in [1.165, 1.54) is 30.4 Å². The van der Waals surface area contributed by atoms with E-state index in [0.717, 1.165) is 17.7 Å². The number of hydrogen-bond donors (Lipinski definition) is 1. The highest BCUT2D eigenvalue weighted by atomic mass is 32.2. The maximum Gasteiger partial charge on any atom is 0.0714 e. The van der Waals surface area contributed by atoms with Crippen LogP contribution in [0, 0.1) is 4.78 Å². The lowest BCUT2D eigenvalue weighted by atomic mass is 9.98. The largest absolute Gasteiger partial charge is 0.353 e. The molecule has 1 heterocycles. The molecule has 1 unspecified atom stereocenters. The van der Waals surface area contributed by atoms with Gasteiger partial charge < -0.3 is 4.57 Å². The summed E-state index contributed by atoms with van der Waals surface area (Å²) in [7, 11) is -0.559. The van der Waals surface area contributed by atoms with Gasteiger partial charge in [-0.3, -0.25) is 0 Å². The van der Waals surface area contributed by atoms with Gasteiger partial charge in [-0.25, -0.2) is 8.99 Å². The van der Waals surface area contributed by atoms with Gasteiger partial charge in [-0.1, -0.05) is 0 Å². The molecule has 0 fully saturated rings. The van der Waals surface area contributed by atoms with E-state index in [9.17, 15) is 4.21 Å². The van der Waals surface area contributed by atoms with Crippen LogP contribution in [0.25, 0.3) is 0 Å². The summed E-state index contributed by atoms with van der Waals surface area (Å²) in [6.07, 6.45) is 7.84. The summed E-state index contributed by atoms with van der Waals surface area (Å²) in [4.78, 5) is 0.759. The van der Waals surface area contributed by atoms with Crippen LogP contribution in [0.4, 0.5) is 0 Å². The van der Waals surface area contributed by atoms with Crippen LogP contribution in [0.2, 0.25) is 0 Å². The molecule has 0 amide bonds. The minimum Gasteiger partial charge on any atom is -0.353 e. The highest BCUT2D eigenvalue weighted by Gasteiger charge is 2.20. The van der Waals surface area contributed by atoms with Crippen molar-refractivity contribution in [2.24, 2.45) is 7.05 Å². The summed E-state index contributed by atoms with van der Waals surface area (Å²) in [6, 6.07) is 0. The third kappa shape index (κ3) is 1.47. The molecule has 2 rings (SSSR count). The zero-order valence-corrected chi connectivity index (χ0v) is 9.49. The molecule has 1 aromatic heterocycles. The van der Waals surface area contributed by atoms with Gasteiger partial charge in [0.15, 0.2) is 0 Å². The summed E-state index contributed by atoms with van der Waals surface area (Å²) in [6.45, 7) is 0. The number of nitrogens with zero attached hydrogens (tertiary/aromatic N) is 1. The Morgan fingerprint density at radius 1 is 1.43 bits per heavy atom. The lowest BCUT2D eigenvalue weighted by Crippen LogP contribution is -2.06. The van der Waals surface area contributed by atoms with Gasteiger partial charge in [0.2, 0.25) is 0 Å². The topological polar surface area (TPSA) is 45.9 Å². The summed E-state index contributed by atoms with van der Waals surface area (Å²) < 4.78 is 21.4. The molecule has 4 heteroatoms. The Hall–Kier alpha value is -0.770. The van der Waals surface area contributed by atoms with Crippen molar-refractivity contribution in [1.29, 1.82) is 4.78 Å². The Kier molecular flexibility index (Phi) is 2.18. The zero-order chi connectivity index (χ0) is 10.3. The van der Waals surface area contributed by atoms with Gasteiger partial charge in [0.05, 0.1) is 14.6 Å². The predicted molar refractivity (Wildman–Crippen MR) is 57.1 cm³/mol. The molecule has 0 radical (unpaired) electrons. The van der Waals surface area contributed by atoms with Gasteiger partial charge in [-0.05, 0) is 31.2 Å². The van der Waals surface area contributed by atoms with Gasteiger partial charge in [-0.2, -0.15) is 0 Å². The molecule has 3 nitrogen and oxygen atoms in total. The molecule has 0 saturated carbocycles. The van der Waals surface area contributed by atoms with Crippen molar-refractivity contribution in [1.82, 2.24) is 4.57 Å². The lowest BCUT2D eigenvalue weighted by molar-refractivity contribution is 0.643. The molecule has 1 aliphatic rings. The van der Waals surface area contributed by atoms with E-state index in [2.05, 4.69) is 0 Å². The Balaban J connectivity index is 2.64. The Morgan fingerprint density at radius 3 is 2.71 bits per heavy atom. The third-order valence-electron chi connectivity index (χ3n) is 2.89. The van der Waals surface area contributed by atoms with Crippen molar-refractivity contribution in [3.8, 4) is 0 Å². The van der Waals surface area contributed by atoms with Crippen molar-refractivity contribution in [3.63, 3.8) is 0 Å². The van der Waals surface area contributed by atoms with Crippen LogP contribution in [0.5, 0.6) is 0 Å². The van der Waals surface area contributed by atoms with Crippen molar-refractivity contribution < 1.29 is 4.21 Å². The maximum absolute atomic E-state index is 11.7. The minimum atomic E-state index is -2.54. The zero-order valence-electron chi connectivity index (χ0n) is 8.67. The second kappa shape index (κ2) is 3.12. The number of hydrogen-bond acceptors (Lipinski definition) is 2. The molecule has 0 spiro atoms. The van der Waals surface area contributed by atoms with E-state index in [1.807, 2.05) is 17.8 Å². The van der Waals surface area contributed by atoms with Crippen molar-refractivity contribution in [2.75, 3.05) is 6.26 Å². The summed E-state index contributed by atoms with van der Waals surface area (Å²) in [5.41, 5.74) is 2.47. The van der Waals surface area contributed by atoms with E-state index in [-0.39, 0.29) is 0 Å². The highest BCUT2D eigenvalue weighted by Crippen LogP contribution is 2.28. The standard InChI is InChI=1S/C10H16N2OS/c1-12-7-10(14(2,11)13)8-5-3-4-6-9(8)12/h7,11H,3-6H2,1-2H3. The molecule has 1 aromatic rings. The van der Waals surface area contributed by atoms with E-state index in [4.69, 9.17) is 4.78 Å². The van der Waals surface area contributed by atoms with Crippen LogP contribution in [0.1, 0.15) is 24.1 Å². The predicted octanol–water partition coefficient (Wildman–Crippen LogP) is 1.94. The fourth-order valence-corrected chi connectivity index (χ4v) is 3.26. The van der Waals surface area contributed by atoms with Crippen molar-refractivity contribution in [2.45, 2.75) is 30.6 Å². The smallest absolute Gasteiger partial charge is 0.0714 e. The van der Waals surface area contributed by atoms with Crippen LogP contribution in [-0.2, 0) is 29.6 Å². The van der Waals surface area contributed by atoms with Crippen LogP contribution >= 0.6 is 0 Å². The number of fused-ring (bicyclic) bond motifs is 1. The highest BCUT2D eigenvalue weighted by molar-refractivity contribution is 7.91. The first-order valence-corrected chi connectivity index (χ1v) is 6.87. The monoisotopic (exact) mass is 212 g/mol. The van der Waals surface area contributed by atoms with Crippen LogP contribution in [0.15, 0.2) is 11.1 Å². The molecular formula is C10H16N2OS. The number of rotatable bonds is 1. The quantitative estimate of drug-likeness (QED) is 0.759. The summed E-state index contributed by atoms with van der Waals surface area (Å²) in [5, 5.41) is 0. The van der Waals surface area contributed by atoms with E-state index in [0.29, 0.717) is 0 Å². The molecule has 0 aliphatic heterocycles. The Labute approximate surface area is 85.1 Å². The van der Waals surface area contributed by atoms with Gasteiger partial charge >= 0.3 is 0 Å². The van der Waals surface area contributed by atoms with Crippen molar-refractivity contribution in [3.05, 3.63) is 17.5 Å². The average Bonchev–Trinajstić information content (AvgIpc) is 2.44. The van der Waals surface area contributed by atoms with Gasteiger partial charge in [-0.15, -0.1) is 0 Å². The third-order valence-corrected chi connectivity index (χ3v) is 4.08. The molecule has 1 atom stereocenters. The van der Waals surface area contributed by atoms with Crippen LogP contribution < -0.4 is 0 Å². The first-order valence-electron chi connectivity index (χ1n) is 4.91. The first kappa shape index (κ1) is 9.77. The second-order valence-electron chi connectivity index (χ2n) is 4.08. The molecule has 78 valence electrons. The Bertz CT molecular complexity index is 457. The number of aryl methyl sites for hydroxylation is 1. The first-order chi connectivity index (χ1) is 6.50. The van der Waals surface area contributed by atoms with Gasteiger partial charge in [0, 0.05) is 25.2 Å². The van der Waals surface area contributed by atoms with Crippen LogP contribution in [0.3, 0.4) is 0 Å². The average molecular weight is 212 g/mol. The molecule has 14 heavy (non-hydrogen) atoms.